The maximum atomic E-state index is 12.5. The maximum absolute atomic E-state index is 12.5. The van der Waals surface area contributed by atoms with E-state index in [0.717, 1.165) is 17.7 Å². The van der Waals surface area contributed by atoms with Crippen molar-refractivity contribution >= 4 is 17.2 Å². The first kappa shape index (κ1) is 13.6. The van der Waals surface area contributed by atoms with Crippen molar-refractivity contribution in [3.8, 4) is 0 Å². The Morgan fingerprint density at radius 3 is 2.67 bits per heavy atom. The topological polar surface area (TPSA) is 40.5 Å². The number of thiophene rings is 1. The number of carbonyl (C=O) groups is 1. The van der Waals surface area contributed by atoms with E-state index in [0.29, 0.717) is 19.0 Å². The van der Waals surface area contributed by atoms with Crippen LogP contribution in [0.5, 0.6) is 0 Å². The van der Waals surface area contributed by atoms with Gasteiger partial charge < -0.3 is 10.0 Å². The number of hydrogen-bond acceptors (Lipinski definition) is 3. The van der Waals surface area contributed by atoms with E-state index >= 15 is 0 Å². The molecule has 0 saturated heterocycles. The van der Waals surface area contributed by atoms with Gasteiger partial charge in [-0.15, -0.1) is 11.3 Å². The summed E-state index contributed by atoms with van der Waals surface area (Å²) in [6.45, 7) is 4.93. The number of nitrogens with zero attached hydrogens (tertiary/aromatic N) is 1. The van der Waals surface area contributed by atoms with E-state index in [1.165, 1.54) is 16.9 Å². The van der Waals surface area contributed by atoms with Gasteiger partial charge in [0.15, 0.2) is 0 Å². The van der Waals surface area contributed by atoms with Gasteiger partial charge in [-0.25, -0.2) is 0 Å². The van der Waals surface area contributed by atoms with E-state index in [9.17, 15) is 4.79 Å². The van der Waals surface area contributed by atoms with Crippen LogP contribution in [0, 0.1) is 13.8 Å². The lowest BCUT2D eigenvalue weighted by Gasteiger charge is -2.37. The van der Waals surface area contributed by atoms with Gasteiger partial charge in [-0.05, 0) is 51.2 Å². The summed E-state index contributed by atoms with van der Waals surface area (Å²) in [7, 11) is 0. The molecule has 1 aromatic heterocycles. The molecular formula is C14H21NO2S. The lowest BCUT2D eigenvalue weighted by atomic mass is 9.91. The Hall–Kier alpha value is -0.870. The Labute approximate surface area is 112 Å². The lowest BCUT2D eigenvalue weighted by Crippen LogP contribution is -2.44. The van der Waals surface area contributed by atoms with Crippen LogP contribution in [0.4, 0.5) is 0 Å². The highest BCUT2D eigenvalue weighted by Crippen LogP contribution is 2.29. The summed E-state index contributed by atoms with van der Waals surface area (Å²) in [5.41, 5.74) is 1.19. The largest absolute Gasteiger partial charge is 0.396 e. The molecule has 1 fully saturated rings. The summed E-state index contributed by atoms with van der Waals surface area (Å²) >= 11 is 1.58. The van der Waals surface area contributed by atoms with Gasteiger partial charge in [0.05, 0.1) is 4.88 Å². The molecule has 0 bridgehead atoms. The minimum atomic E-state index is 0.148. The molecule has 0 atom stereocenters. The number of rotatable bonds is 5. The minimum Gasteiger partial charge on any atom is -0.396 e. The zero-order valence-electron chi connectivity index (χ0n) is 11.1. The third-order valence-electron chi connectivity index (χ3n) is 3.71. The number of aliphatic hydroxyl groups excluding tert-OH is 1. The van der Waals surface area contributed by atoms with Gasteiger partial charge in [0, 0.05) is 24.1 Å². The number of aliphatic hydroxyl groups is 1. The quantitative estimate of drug-likeness (QED) is 0.891. The summed E-state index contributed by atoms with van der Waals surface area (Å²) in [5, 5.41) is 8.95. The first-order valence-corrected chi connectivity index (χ1v) is 7.44. The number of aryl methyl sites for hydroxylation is 2. The number of carbonyl (C=O) groups excluding carboxylic acids is 1. The second-order valence-electron chi connectivity index (χ2n) is 5.01. The van der Waals surface area contributed by atoms with Gasteiger partial charge in [0.25, 0.3) is 5.91 Å². The lowest BCUT2D eigenvalue weighted by molar-refractivity contribution is 0.0567. The molecule has 1 saturated carbocycles. The summed E-state index contributed by atoms with van der Waals surface area (Å²) in [6.07, 6.45) is 4.11. The molecule has 0 radical (unpaired) electrons. The van der Waals surface area contributed by atoms with Crippen LogP contribution < -0.4 is 0 Å². The highest BCUT2D eigenvalue weighted by atomic mass is 32.1. The standard InChI is InChI=1S/C14H21NO2S/c1-10-9-13(18-11(10)2)14(17)15(7-4-8-16)12-5-3-6-12/h9,12,16H,3-8H2,1-2H3. The molecular weight excluding hydrogens is 246 g/mol. The molecule has 2 rings (SSSR count). The summed E-state index contributed by atoms with van der Waals surface area (Å²) in [4.78, 5) is 16.5. The fourth-order valence-corrected chi connectivity index (χ4v) is 3.20. The van der Waals surface area contributed by atoms with Crippen molar-refractivity contribution in [3.63, 3.8) is 0 Å². The Kier molecular flexibility index (Phi) is 4.40. The van der Waals surface area contributed by atoms with E-state index in [-0.39, 0.29) is 12.5 Å². The fraction of sp³-hybridized carbons (Fsp3) is 0.643. The van der Waals surface area contributed by atoms with Crippen molar-refractivity contribution in [1.29, 1.82) is 0 Å². The van der Waals surface area contributed by atoms with Crippen LogP contribution in [-0.4, -0.2) is 35.1 Å². The van der Waals surface area contributed by atoms with Gasteiger partial charge in [-0.2, -0.15) is 0 Å². The Morgan fingerprint density at radius 1 is 1.50 bits per heavy atom. The highest BCUT2D eigenvalue weighted by molar-refractivity contribution is 7.14. The summed E-state index contributed by atoms with van der Waals surface area (Å²) < 4.78 is 0. The van der Waals surface area contributed by atoms with Crippen molar-refractivity contribution in [3.05, 3.63) is 21.4 Å². The molecule has 4 heteroatoms. The van der Waals surface area contributed by atoms with Crippen molar-refractivity contribution in [1.82, 2.24) is 4.90 Å². The molecule has 1 N–H and O–H groups in total. The van der Waals surface area contributed by atoms with Gasteiger partial charge >= 0.3 is 0 Å². The van der Waals surface area contributed by atoms with Crippen LogP contribution >= 0.6 is 11.3 Å². The monoisotopic (exact) mass is 267 g/mol. The van der Waals surface area contributed by atoms with Crippen LogP contribution in [0.15, 0.2) is 6.07 Å². The van der Waals surface area contributed by atoms with Crippen molar-refractivity contribution in [2.24, 2.45) is 0 Å². The predicted octanol–water partition coefficient (Wildman–Crippen LogP) is 2.74. The van der Waals surface area contributed by atoms with E-state index in [2.05, 4.69) is 6.92 Å². The van der Waals surface area contributed by atoms with Crippen molar-refractivity contribution < 1.29 is 9.90 Å². The second kappa shape index (κ2) is 5.85. The van der Waals surface area contributed by atoms with Crippen molar-refractivity contribution in [2.75, 3.05) is 13.2 Å². The molecule has 3 nitrogen and oxygen atoms in total. The molecule has 1 aromatic rings. The van der Waals surface area contributed by atoms with Crippen LogP contribution in [0.25, 0.3) is 0 Å². The third-order valence-corrected chi connectivity index (χ3v) is 4.85. The van der Waals surface area contributed by atoms with E-state index < -0.39 is 0 Å². The van der Waals surface area contributed by atoms with Gasteiger partial charge in [-0.3, -0.25) is 4.79 Å². The zero-order valence-corrected chi connectivity index (χ0v) is 11.9. The Balaban J connectivity index is 2.11. The summed E-state index contributed by atoms with van der Waals surface area (Å²) in [6, 6.07) is 2.39. The van der Waals surface area contributed by atoms with Crippen molar-refractivity contribution in [2.45, 2.75) is 45.6 Å². The molecule has 0 unspecified atom stereocenters. The molecule has 18 heavy (non-hydrogen) atoms. The fourth-order valence-electron chi connectivity index (χ4n) is 2.21. The molecule has 0 spiro atoms. The molecule has 1 heterocycles. The molecule has 0 aromatic carbocycles. The molecule has 0 aliphatic heterocycles. The third kappa shape index (κ3) is 2.75. The van der Waals surface area contributed by atoms with Crippen LogP contribution in [-0.2, 0) is 0 Å². The van der Waals surface area contributed by atoms with Gasteiger partial charge in [-0.1, -0.05) is 0 Å². The molecule has 1 amide bonds. The van der Waals surface area contributed by atoms with Gasteiger partial charge in [0.1, 0.15) is 0 Å². The van der Waals surface area contributed by atoms with E-state index in [4.69, 9.17) is 5.11 Å². The molecule has 1 aliphatic carbocycles. The number of hydrogen-bond donors (Lipinski definition) is 1. The molecule has 100 valence electrons. The molecule has 1 aliphatic rings. The average molecular weight is 267 g/mol. The van der Waals surface area contributed by atoms with E-state index in [1.807, 2.05) is 17.9 Å². The Morgan fingerprint density at radius 2 is 2.22 bits per heavy atom. The van der Waals surface area contributed by atoms with Crippen LogP contribution in [0.3, 0.4) is 0 Å². The second-order valence-corrected chi connectivity index (χ2v) is 6.27. The first-order valence-electron chi connectivity index (χ1n) is 6.62. The number of amides is 1. The normalized spacial score (nSPS) is 15.5. The highest BCUT2D eigenvalue weighted by Gasteiger charge is 2.29. The average Bonchev–Trinajstić information content (AvgIpc) is 2.61. The van der Waals surface area contributed by atoms with Gasteiger partial charge in [0.2, 0.25) is 0 Å². The van der Waals surface area contributed by atoms with E-state index in [1.54, 1.807) is 11.3 Å². The first-order chi connectivity index (χ1) is 8.63. The van der Waals surface area contributed by atoms with Crippen LogP contribution in [0.2, 0.25) is 0 Å². The summed E-state index contributed by atoms with van der Waals surface area (Å²) in [5.74, 6) is 0.148. The van der Waals surface area contributed by atoms with Crippen LogP contribution in [0.1, 0.15) is 45.8 Å². The minimum absolute atomic E-state index is 0.148. The Bertz CT molecular complexity index is 404. The SMILES string of the molecule is Cc1cc(C(=O)N(CCCO)C2CCC2)sc1C. The zero-order chi connectivity index (χ0) is 13.1. The maximum Gasteiger partial charge on any atom is 0.264 e. The predicted molar refractivity (Wildman–Crippen MR) is 74.2 cm³/mol. The smallest absolute Gasteiger partial charge is 0.264 e.